The van der Waals surface area contributed by atoms with Crippen LogP contribution >= 0.6 is 0 Å². The predicted molar refractivity (Wildman–Crippen MR) is 141 cm³/mol. The Kier molecular flexibility index (Phi) is 6.80. The van der Waals surface area contributed by atoms with Crippen molar-refractivity contribution in [3.63, 3.8) is 0 Å². The van der Waals surface area contributed by atoms with Crippen molar-refractivity contribution in [3.05, 3.63) is 48.5 Å². The van der Waals surface area contributed by atoms with Crippen molar-refractivity contribution in [2.45, 2.75) is 114 Å². The maximum absolute atomic E-state index is 13.2. The fourth-order valence-electron chi connectivity index (χ4n) is 5.19. The third-order valence-electron chi connectivity index (χ3n) is 8.32. The molecule has 0 aliphatic heterocycles. The fourth-order valence-corrected chi connectivity index (χ4v) is 6.46. The number of hydrogen-bond donors (Lipinski definition) is 0. The molecule has 192 valence electrons. The molecule has 0 radical (unpaired) electrons. The third-order valence-corrected chi connectivity index (χ3v) is 10.1. The number of sulfone groups is 1. The van der Waals surface area contributed by atoms with Gasteiger partial charge in [0.15, 0.2) is 0 Å². The van der Waals surface area contributed by atoms with E-state index < -0.39 is 9.84 Å². The van der Waals surface area contributed by atoms with Crippen LogP contribution in [0.2, 0.25) is 0 Å². The first-order chi connectivity index (χ1) is 16.2. The maximum Gasteiger partial charge on any atom is 0.206 e. The molecule has 2 aliphatic carbocycles. The lowest BCUT2D eigenvalue weighted by molar-refractivity contribution is 0.0124. The first kappa shape index (κ1) is 26.1. The Hall–Kier alpha value is -2.01. The summed E-state index contributed by atoms with van der Waals surface area (Å²) in [4.78, 5) is 0.546. The Morgan fingerprint density at radius 1 is 0.514 bits per heavy atom. The minimum absolute atomic E-state index is 0.198. The van der Waals surface area contributed by atoms with Crippen LogP contribution in [0.4, 0.5) is 0 Å². The van der Waals surface area contributed by atoms with Crippen LogP contribution in [0.5, 0.6) is 11.5 Å². The van der Waals surface area contributed by atoms with Gasteiger partial charge in [-0.25, -0.2) is 8.42 Å². The molecular formula is C30H42O4S. The van der Waals surface area contributed by atoms with Crippen LogP contribution in [0, 0.1) is 10.8 Å². The lowest BCUT2D eigenvalue weighted by atomic mass is 9.71. The zero-order valence-electron chi connectivity index (χ0n) is 22.3. The van der Waals surface area contributed by atoms with E-state index in [1.54, 1.807) is 48.5 Å². The molecule has 0 amide bonds. The first-order valence-corrected chi connectivity index (χ1v) is 14.5. The third kappa shape index (κ3) is 6.22. The normalized spacial score (nSPS) is 22.8. The number of hydrogen-bond acceptors (Lipinski definition) is 4. The highest BCUT2D eigenvalue weighted by molar-refractivity contribution is 7.91. The summed E-state index contributed by atoms with van der Waals surface area (Å²) in [5.41, 5.74) is 0.339. The van der Waals surface area contributed by atoms with Crippen LogP contribution in [-0.4, -0.2) is 19.6 Å². The van der Waals surface area contributed by atoms with Crippen LogP contribution in [0.25, 0.3) is 0 Å². The van der Waals surface area contributed by atoms with Gasteiger partial charge in [-0.15, -0.1) is 0 Å². The monoisotopic (exact) mass is 498 g/mol. The predicted octanol–water partition coefficient (Wildman–Crippen LogP) is 7.99. The van der Waals surface area contributed by atoms with Gasteiger partial charge in [0.2, 0.25) is 9.84 Å². The summed E-state index contributed by atoms with van der Waals surface area (Å²) >= 11 is 0. The Morgan fingerprint density at radius 2 is 0.800 bits per heavy atom. The molecule has 2 aromatic rings. The largest absolute Gasteiger partial charge is 0.488 e. The molecule has 0 bridgehead atoms. The average Bonchev–Trinajstić information content (AvgIpc) is 2.79. The molecule has 0 atom stereocenters. The van der Waals surface area contributed by atoms with E-state index in [0.717, 1.165) is 62.9 Å². The Bertz CT molecular complexity index is 1020. The van der Waals surface area contributed by atoms with Crippen LogP contribution < -0.4 is 9.47 Å². The van der Waals surface area contributed by atoms with Gasteiger partial charge in [0.25, 0.3) is 0 Å². The molecule has 0 aromatic heterocycles. The minimum atomic E-state index is -3.61. The van der Waals surface area contributed by atoms with E-state index in [1.165, 1.54) is 0 Å². The molecule has 4 nitrogen and oxygen atoms in total. The second kappa shape index (κ2) is 9.14. The van der Waals surface area contributed by atoms with Crippen molar-refractivity contribution in [3.8, 4) is 11.5 Å². The van der Waals surface area contributed by atoms with Crippen molar-refractivity contribution < 1.29 is 17.9 Å². The molecular weight excluding hydrogens is 456 g/mol. The summed E-state index contributed by atoms with van der Waals surface area (Å²) in [5, 5.41) is 0. The topological polar surface area (TPSA) is 52.6 Å². The minimum Gasteiger partial charge on any atom is -0.488 e. The summed E-state index contributed by atoms with van der Waals surface area (Å²) in [7, 11) is -3.61. The van der Waals surface area contributed by atoms with Gasteiger partial charge >= 0.3 is 0 Å². The summed E-state index contributed by atoms with van der Waals surface area (Å²) < 4.78 is 39.1. The van der Waals surface area contributed by atoms with Crippen molar-refractivity contribution in [2.75, 3.05) is 0 Å². The highest BCUT2D eigenvalue weighted by Crippen LogP contribution is 2.43. The van der Waals surface area contributed by atoms with Crippen LogP contribution in [0.3, 0.4) is 0 Å². The number of benzene rings is 2. The zero-order valence-corrected chi connectivity index (χ0v) is 23.1. The average molecular weight is 499 g/mol. The van der Waals surface area contributed by atoms with E-state index in [9.17, 15) is 8.42 Å². The molecule has 5 heteroatoms. The van der Waals surface area contributed by atoms with Crippen molar-refractivity contribution in [1.82, 2.24) is 0 Å². The van der Waals surface area contributed by atoms with Gasteiger partial charge in [-0.2, -0.15) is 0 Å². The number of ether oxygens (including phenoxy) is 2. The Balaban J connectivity index is 1.41. The van der Waals surface area contributed by atoms with Gasteiger partial charge in [0.05, 0.1) is 9.79 Å². The van der Waals surface area contributed by atoms with E-state index in [0.29, 0.717) is 10.8 Å². The van der Waals surface area contributed by atoms with Gasteiger partial charge < -0.3 is 9.47 Å². The van der Waals surface area contributed by atoms with Crippen molar-refractivity contribution >= 4 is 9.84 Å². The van der Waals surface area contributed by atoms with E-state index >= 15 is 0 Å². The second-order valence-electron chi connectivity index (χ2n) is 12.9. The van der Waals surface area contributed by atoms with Crippen LogP contribution in [0.1, 0.15) is 92.9 Å². The van der Waals surface area contributed by atoms with Crippen LogP contribution in [-0.2, 0) is 9.84 Å². The maximum atomic E-state index is 13.2. The summed E-state index contributed by atoms with van der Waals surface area (Å²) in [5.74, 6) is 1.44. The van der Waals surface area contributed by atoms with Gasteiger partial charge in [-0.3, -0.25) is 0 Å². The van der Waals surface area contributed by atoms with E-state index in [1.807, 2.05) is 0 Å². The molecule has 0 saturated heterocycles. The quantitative estimate of drug-likeness (QED) is 0.405. The Morgan fingerprint density at radius 3 is 1.09 bits per heavy atom. The molecule has 0 heterocycles. The molecule has 2 aliphatic rings. The molecule has 0 N–H and O–H groups in total. The van der Waals surface area contributed by atoms with Crippen molar-refractivity contribution in [1.29, 1.82) is 0 Å². The number of rotatable bonds is 6. The van der Waals surface area contributed by atoms with Crippen molar-refractivity contribution in [2.24, 2.45) is 10.8 Å². The van der Waals surface area contributed by atoms with Gasteiger partial charge in [0, 0.05) is 0 Å². The first-order valence-electron chi connectivity index (χ1n) is 13.0. The fraction of sp³-hybridized carbons (Fsp3) is 0.600. The zero-order chi connectivity index (χ0) is 25.5. The molecule has 2 fully saturated rings. The van der Waals surface area contributed by atoms with Gasteiger partial charge in [-0.05, 0) is 125 Å². The highest BCUT2D eigenvalue weighted by Gasteiger charge is 2.37. The lowest BCUT2D eigenvalue weighted by Gasteiger charge is -2.41. The van der Waals surface area contributed by atoms with Gasteiger partial charge in [0.1, 0.15) is 22.7 Å². The molecule has 0 unspecified atom stereocenters. The molecule has 2 saturated carbocycles. The summed E-state index contributed by atoms with van der Waals surface area (Å²) in [6.45, 7) is 13.5. The summed E-state index contributed by atoms with van der Waals surface area (Å²) in [6, 6.07) is 13.7. The van der Waals surface area contributed by atoms with Gasteiger partial charge in [-0.1, -0.05) is 27.7 Å². The second-order valence-corrected chi connectivity index (χ2v) is 14.8. The molecule has 35 heavy (non-hydrogen) atoms. The van der Waals surface area contributed by atoms with E-state index in [2.05, 4.69) is 41.5 Å². The Labute approximate surface area is 212 Å². The summed E-state index contributed by atoms with van der Waals surface area (Å²) in [6.07, 6.45) is 8.55. The molecule has 2 aromatic carbocycles. The molecule has 0 spiro atoms. The molecule has 4 rings (SSSR count). The standard InChI is InChI=1S/C30H42O4S/c1-27(2)15-19-29(5,20-16-27)33-23-7-11-25(12-8-23)35(31,32)26-13-9-24(10-14-26)34-30(6)21-17-28(3,4)18-22-30/h7-14H,15-22H2,1-6H3. The smallest absolute Gasteiger partial charge is 0.206 e. The SMILES string of the molecule is CC1(C)CCC(C)(Oc2ccc(S(=O)(=O)c3ccc(OC4(C)CCC(C)(C)CC4)cc3)cc2)CC1. The van der Waals surface area contributed by atoms with E-state index in [4.69, 9.17) is 9.47 Å². The highest BCUT2D eigenvalue weighted by atomic mass is 32.2. The van der Waals surface area contributed by atoms with Crippen LogP contribution in [0.15, 0.2) is 58.3 Å². The lowest BCUT2D eigenvalue weighted by Crippen LogP contribution is -2.39. The van der Waals surface area contributed by atoms with E-state index in [-0.39, 0.29) is 21.0 Å².